The lowest BCUT2D eigenvalue weighted by Crippen LogP contribution is -2.30. The monoisotopic (exact) mass is 418 g/mol. The molecule has 0 aliphatic rings. The van der Waals surface area contributed by atoms with Gasteiger partial charge in [0, 0.05) is 38.1 Å². The minimum Gasteiger partial charge on any atom is -0.497 e. The molecule has 0 aliphatic heterocycles. The van der Waals surface area contributed by atoms with Crippen LogP contribution in [-0.2, 0) is 13.6 Å². The number of fused-ring (bicyclic) bond motifs is 1. The van der Waals surface area contributed by atoms with Gasteiger partial charge in [0.05, 0.1) is 29.4 Å². The number of hydrogen-bond acceptors (Lipinski definition) is 5. The standard InChI is InChI=1S/C23H26N6O2/c1-15(14-29-11-5-10-25-29)13-24-23(30)19-12-20(17-6-8-18(31-4)9-7-17)26-22-21(19)16(2)27-28(22)3/h5-12,15H,13-14H2,1-4H3,(H,24,30). The first-order valence-electron chi connectivity index (χ1n) is 10.2. The van der Waals surface area contributed by atoms with Crippen molar-refractivity contribution < 1.29 is 9.53 Å². The predicted octanol–water partition coefficient (Wildman–Crippen LogP) is 3.21. The SMILES string of the molecule is COc1ccc(-c2cc(C(=O)NCC(C)Cn3cccn3)c3c(C)nn(C)c3n2)cc1. The second kappa shape index (κ2) is 8.59. The average Bonchev–Trinajstić information content (AvgIpc) is 3.39. The van der Waals surface area contributed by atoms with E-state index in [1.165, 1.54) is 0 Å². The number of aromatic nitrogens is 5. The molecule has 0 bridgehead atoms. The zero-order valence-corrected chi connectivity index (χ0v) is 18.2. The van der Waals surface area contributed by atoms with Gasteiger partial charge in [-0.05, 0) is 49.2 Å². The van der Waals surface area contributed by atoms with E-state index in [1.54, 1.807) is 18.0 Å². The normalized spacial score (nSPS) is 12.1. The van der Waals surface area contributed by atoms with Crippen molar-refractivity contribution in [3.05, 3.63) is 60.0 Å². The third kappa shape index (κ3) is 4.28. The first-order valence-corrected chi connectivity index (χ1v) is 10.2. The molecule has 8 nitrogen and oxygen atoms in total. The molecular weight excluding hydrogens is 392 g/mol. The number of rotatable bonds is 7. The number of amides is 1. The largest absolute Gasteiger partial charge is 0.497 e. The quantitative estimate of drug-likeness (QED) is 0.498. The smallest absolute Gasteiger partial charge is 0.252 e. The zero-order chi connectivity index (χ0) is 22.0. The van der Waals surface area contributed by atoms with Crippen molar-refractivity contribution >= 4 is 16.9 Å². The fourth-order valence-electron chi connectivity index (χ4n) is 3.69. The van der Waals surface area contributed by atoms with Crippen LogP contribution in [0.2, 0.25) is 0 Å². The van der Waals surface area contributed by atoms with E-state index in [0.717, 1.165) is 28.9 Å². The van der Waals surface area contributed by atoms with Crippen LogP contribution in [0.15, 0.2) is 48.8 Å². The van der Waals surface area contributed by atoms with Crippen molar-refractivity contribution in [1.82, 2.24) is 29.9 Å². The molecule has 3 heterocycles. The highest BCUT2D eigenvalue weighted by atomic mass is 16.5. The fourth-order valence-corrected chi connectivity index (χ4v) is 3.69. The number of carbonyl (C=O) groups is 1. The summed E-state index contributed by atoms with van der Waals surface area (Å²) in [6.07, 6.45) is 3.68. The van der Waals surface area contributed by atoms with Gasteiger partial charge in [0.2, 0.25) is 0 Å². The van der Waals surface area contributed by atoms with E-state index in [-0.39, 0.29) is 11.8 Å². The van der Waals surface area contributed by atoms with E-state index in [2.05, 4.69) is 22.4 Å². The van der Waals surface area contributed by atoms with Gasteiger partial charge >= 0.3 is 0 Å². The summed E-state index contributed by atoms with van der Waals surface area (Å²) in [4.78, 5) is 18.0. The van der Waals surface area contributed by atoms with Crippen LogP contribution in [0.3, 0.4) is 0 Å². The summed E-state index contributed by atoms with van der Waals surface area (Å²) in [5.74, 6) is 0.869. The maximum absolute atomic E-state index is 13.2. The van der Waals surface area contributed by atoms with E-state index in [0.29, 0.717) is 23.4 Å². The van der Waals surface area contributed by atoms with Gasteiger partial charge in [-0.1, -0.05) is 6.92 Å². The number of benzene rings is 1. The van der Waals surface area contributed by atoms with Gasteiger partial charge in [0.25, 0.3) is 5.91 Å². The third-order valence-corrected chi connectivity index (χ3v) is 5.27. The molecule has 160 valence electrons. The Balaban J connectivity index is 1.64. The lowest BCUT2D eigenvalue weighted by atomic mass is 10.0. The number of hydrogen-bond donors (Lipinski definition) is 1. The van der Waals surface area contributed by atoms with Gasteiger partial charge < -0.3 is 10.1 Å². The molecule has 31 heavy (non-hydrogen) atoms. The fraction of sp³-hybridized carbons (Fsp3) is 0.304. The second-order valence-corrected chi connectivity index (χ2v) is 7.73. The minimum atomic E-state index is -0.134. The van der Waals surface area contributed by atoms with E-state index in [1.807, 2.05) is 61.2 Å². The highest BCUT2D eigenvalue weighted by Gasteiger charge is 2.19. The number of pyridine rings is 1. The molecular formula is C23H26N6O2. The average molecular weight is 419 g/mol. The molecule has 0 radical (unpaired) electrons. The summed E-state index contributed by atoms with van der Waals surface area (Å²) < 4.78 is 8.83. The maximum Gasteiger partial charge on any atom is 0.252 e. The molecule has 0 fully saturated rings. The summed E-state index contributed by atoms with van der Waals surface area (Å²) in [5.41, 5.74) is 3.66. The van der Waals surface area contributed by atoms with Crippen LogP contribution >= 0.6 is 0 Å². The Hall–Kier alpha value is -3.68. The van der Waals surface area contributed by atoms with Crippen LogP contribution in [0.25, 0.3) is 22.3 Å². The van der Waals surface area contributed by atoms with Crippen molar-refractivity contribution in [3.8, 4) is 17.0 Å². The maximum atomic E-state index is 13.2. The zero-order valence-electron chi connectivity index (χ0n) is 18.2. The number of nitrogens with zero attached hydrogens (tertiary/aromatic N) is 5. The second-order valence-electron chi connectivity index (χ2n) is 7.73. The molecule has 0 spiro atoms. The lowest BCUT2D eigenvalue weighted by Gasteiger charge is -2.14. The van der Waals surface area contributed by atoms with Gasteiger partial charge in [-0.25, -0.2) is 4.98 Å². The Morgan fingerprint density at radius 1 is 1.26 bits per heavy atom. The molecule has 1 amide bonds. The summed E-state index contributed by atoms with van der Waals surface area (Å²) >= 11 is 0. The van der Waals surface area contributed by atoms with E-state index >= 15 is 0 Å². The van der Waals surface area contributed by atoms with Gasteiger partial charge in [-0.15, -0.1) is 0 Å². The number of nitrogens with one attached hydrogen (secondary N) is 1. The predicted molar refractivity (Wildman–Crippen MR) is 119 cm³/mol. The van der Waals surface area contributed by atoms with Gasteiger partial charge in [0.1, 0.15) is 5.75 Å². The van der Waals surface area contributed by atoms with Crippen molar-refractivity contribution in [2.75, 3.05) is 13.7 Å². The number of ether oxygens (including phenoxy) is 1. The van der Waals surface area contributed by atoms with Crippen molar-refractivity contribution in [3.63, 3.8) is 0 Å². The van der Waals surface area contributed by atoms with E-state index < -0.39 is 0 Å². The molecule has 1 unspecified atom stereocenters. The molecule has 1 N–H and O–H groups in total. The van der Waals surface area contributed by atoms with Crippen LogP contribution in [-0.4, -0.2) is 44.1 Å². The lowest BCUT2D eigenvalue weighted by molar-refractivity contribution is 0.0948. The Morgan fingerprint density at radius 3 is 2.71 bits per heavy atom. The molecule has 0 saturated carbocycles. The Labute approximate surface area is 180 Å². The highest BCUT2D eigenvalue weighted by Crippen LogP contribution is 2.28. The Bertz CT molecular complexity index is 1200. The molecule has 4 aromatic rings. The Kier molecular flexibility index (Phi) is 5.70. The summed E-state index contributed by atoms with van der Waals surface area (Å²) in [6.45, 7) is 5.26. The third-order valence-electron chi connectivity index (χ3n) is 5.27. The molecule has 8 heteroatoms. The molecule has 3 aromatic heterocycles. The number of aryl methyl sites for hydroxylation is 2. The van der Waals surface area contributed by atoms with Crippen molar-refractivity contribution in [2.24, 2.45) is 13.0 Å². The number of carbonyl (C=O) groups excluding carboxylic acids is 1. The van der Waals surface area contributed by atoms with Crippen LogP contribution in [0.5, 0.6) is 5.75 Å². The molecule has 4 rings (SSSR count). The molecule has 1 atom stereocenters. The van der Waals surface area contributed by atoms with Crippen LogP contribution in [0.1, 0.15) is 23.0 Å². The minimum absolute atomic E-state index is 0.134. The molecule has 1 aromatic carbocycles. The van der Waals surface area contributed by atoms with E-state index in [9.17, 15) is 4.79 Å². The molecule has 0 saturated heterocycles. The van der Waals surface area contributed by atoms with Crippen LogP contribution in [0, 0.1) is 12.8 Å². The van der Waals surface area contributed by atoms with Crippen molar-refractivity contribution in [2.45, 2.75) is 20.4 Å². The first kappa shape index (κ1) is 20.6. The summed E-state index contributed by atoms with van der Waals surface area (Å²) in [5, 5.41) is 12.6. The van der Waals surface area contributed by atoms with Gasteiger partial charge in [-0.2, -0.15) is 10.2 Å². The van der Waals surface area contributed by atoms with Gasteiger partial charge in [-0.3, -0.25) is 14.2 Å². The van der Waals surface area contributed by atoms with Crippen LogP contribution < -0.4 is 10.1 Å². The highest BCUT2D eigenvalue weighted by molar-refractivity contribution is 6.07. The summed E-state index contributed by atoms with van der Waals surface area (Å²) in [6, 6.07) is 11.4. The van der Waals surface area contributed by atoms with Gasteiger partial charge in [0.15, 0.2) is 5.65 Å². The molecule has 0 aliphatic carbocycles. The van der Waals surface area contributed by atoms with Crippen LogP contribution in [0.4, 0.5) is 0 Å². The number of methoxy groups -OCH3 is 1. The van der Waals surface area contributed by atoms with E-state index in [4.69, 9.17) is 9.72 Å². The first-order chi connectivity index (χ1) is 15.0. The van der Waals surface area contributed by atoms with Crippen molar-refractivity contribution in [1.29, 1.82) is 0 Å². The topological polar surface area (TPSA) is 86.9 Å². The summed E-state index contributed by atoms with van der Waals surface area (Å²) in [7, 11) is 3.47. The Morgan fingerprint density at radius 2 is 2.03 bits per heavy atom.